The molecule has 7 atom stereocenters. The van der Waals surface area contributed by atoms with Crippen LogP contribution in [0.25, 0.3) is 0 Å². The Balaban J connectivity index is 1.24. The number of nitrogens with two attached hydrogens (primary N) is 1. The Morgan fingerprint density at radius 3 is 2.59 bits per heavy atom. The number of nitrogens with one attached hydrogen (secondary N) is 4. The highest BCUT2D eigenvalue weighted by Crippen LogP contribution is 2.28. The molecule has 6 N–H and O–H groups in total. The Morgan fingerprint density at radius 1 is 1.18 bits per heavy atom. The average Bonchev–Trinajstić information content (AvgIpc) is 3.13. The normalized spacial score (nSPS) is 39.9. The predicted molar refractivity (Wildman–Crippen MR) is 143 cm³/mol. The van der Waals surface area contributed by atoms with Gasteiger partial charge in [0.15, 0.2) is 6.54 Å². The van der Waals surface area contributed by atoms with E-state index in [1.54, 1.807) is 11.6 Å². The number of rotatable bonds is 4. The van der Waals surface area contributed by atoms with E-state index in [1.165, 1.54) is 0 Å². The molecule has 220 valence electrons. The zero-order valence-corrected chi connectivity index (χ0v) is 23.8. The van der Waals surface area contributed by atoms with Crippen molar-refractivity contribution in [2.45, 2.75) is 62.8 Å². The lowest BCUT2D eigenvalue weighted by Crippen LogP contribution is -2.67. The van der Waals surface area contributed by atoms with Gasteiger partial charge in [-0.25, -0.2) is 8.78 Å². The number of carbonyl (C=O) groups excluding carboxylic acids is 2. The van der Waals surface area contributed by atoms with Crippen molar-refractivity contribution < 1.29 is 27.5 Å². The summed E-state index contributed by atoms with van der Waals surface area (Å²) in [6, 6.07) is -0.933. The molecular weight excluding hydrogens is 508 g/mol. The molecule has 13 heteroatoms. The van der Waals surface area contributed by atoms with E-state index in [9.17, 15) is 14.0 Å². The smallest absolute Gasteiger partial charge is 0.349 e. The molecule has 5 aliphatic rings. The number of likely N-dealkylation sites (tertiary alicyclic amines) is 1. The number of amidine groups is 1. The maximum atomic E-state index is 15.4. The first kappa shape index (κ1) is 28.7. The van der Waals surface area contributed by atoms with E-state index in [4.69, 9.17) is 5.73 Å². The molecule has 11 nitrogen and oxygen atoms in total. The summed E-state index contributed by atoms with van der Waals surface area (Å²) in [6.45, 7) is 8.73. The summed E-state index contributed by atoms with van der Waals surface area (Å²) in [6.07, 6.45) is -1.50. The minimum Gasteiger partial charge on any atom is -0.349 e. The van der Waals surface area contributed by atoms with Gasteiger partial charge in [0.05, 0.1) is 19.1 Å². The van der Waals surface area contributed by atoms with Gasteiger partial charge < -0.3 is 26.6 Å². The van der Waals surface area contributed by atoms with Crippen LogP contribution in [0.3, 0.4) is 0 Å². The third kappa shape index (κ3) is 5.71. The first-order valence-corrected chi connectivity index (χ1v) is 14.4. The van der Waals surface area contributed by atoms with Gasteiger partial charge in [0.1, 0.15) is 25.9 Å². The molecular formula is C26H47F2N9O2+2. The van der Waals surface area contributed by atoms with E-state index < -0.39 is 36.5 Å². The van der Waals surface area contributed by atoms with Gasteiger partial charge in [0.25, 0.3) is 0 Å². The van der Waals surface area contributed by atoms with Crippen LogP contribution in [0.1, 0.15) is 26.7 Å². The second-order valence-corrected chi connectivity index (χ2v) is 13.0. The van der Waals surface area contributed by atoms with Gasteiger partial charge in [-0.15, -0.1) is 5.43 Å². The van der Waals surface area contributed by atoms with Gasteiger partial charge in [-0.2, -0.15) is 9.17 Å². The first-order valence-electron chi connectivity index (χ1n) is 14.4. The highest BCUT2D eigenvalue weighted by molar-refractivity contribution is 6.00. The molecule has 2 amide bonds. The molecule has 0 aromatic rings. The second kappa shape index (κ2) is 10.9. The Hall–Kier alpha value is -1.77. The van der Waals surface area contributed by atoms with Gasteiger partial charge in [-0.05, 0) is 39.8 Å². The number of amides is 2. The highest BCUT2D eigenvalue weighted by Gasteiger charge is 2.61. The molecule has 0 bridgehead atoms. The molecule has 4 saturated heterocycles. The van der Waals surface area contributed by atoms with Crippen LogP contribution in [0.2, 0.25) is 0 Å². The number of carbonyl (C=O) groups is 2. The molecule has 39 heavy (non-hydrogen) atoms. The van der Waals surface area contributed by atoms with Crippen LogP contribution in [0.15, 0.2) is 0 Å². The monoisotopic (exact) mass is 555 g/mol. The molecule has 0 saturated carbocycles. The quantitative estimate of drug-likeness (QED) is 0.201. The lowest BCUT2D eigenvalue weighted by Gasteiger charge is -2.46. The van der Waals surface area contributed by atoms with E-state index in [0.717, 1.165) is 12.4 Å². The van der Waals surface area contributed by atoms with Crippen molar-refractivity contribution in [2.75, 3.05) is 73.0 Å². The molecule has 0 aliphatic carbocycles. The molecule has 5 rings (SSSR count). The van der Waals surface area contributed by atoms with E-state index in [-0.39, 0.29) is 47.5 Å². The summed E-state index contributed by atoms with van der Waals surface area (Å²) in [5, 5.41) is 9.67. The Kier molecular flexibility index (Phi) is 8.03. The van der Waals surface area contributed by atoms with Crippen molar-refractivity contribution >= 4 is 17.6 Å². The first-order chi connectivity index (χ1) is 18.4. The molecule has 0 radical (unpaired) electrons. The number of piperazine rings is 1. The van der Waals surface area contributed by atoms with Crippen molar-refractivity contribution in [3.63, 3.8) is 0 Å². The number of piperidine rings is 2. The number of hydrogen-bond donors (Lipinski definition) is 5. The molecule has 4 fully saturated rings. The predicted octanol–water partition coefficient (Wildman–Crippen LogP) is -2.04. The van der Waals surface area contributed by atoms with Gasteiger partial charge in [0.2, 0.25) is 23.9 Å². The zero-order chi connectivity index (χ0) is 28.1. The van der Waals surface area contributed by atoms with Crippen molar-refractivity contribution in [3.8, 4) is 0 Å². The van der Waals surface area contributed by atoms with Crippen LogP contribution in [0, 0.1) is 11.8 Å². The molecule has 0 aromatic carbocycles. The summed E-state index contributed by atoms with van der Waals surface area (Å²) in [5.74, 6) is -0.0720. The molecule has 0 spiro atoms. The van der Waals surface area contributed by atoms with Crippen molar-refractivity contribution in [3.05, 3.63) is 0 Å². The maximum Gasteiger partial charge on any atom is 0.373 e. The van der Waals surface area contributed by atoms with Crippen molar-refractivity contribution in [1.82, 2.24) is 31.2 Å². The molecule has 7 unspecified atom stereocenters. The SMILES string of the molecule is C[N+]1=C2C(C(=O)NC3CNCC(F)C3N3CCC(C(=O)N4CCNC(C)(C)C4)CC3)C(N)N[N+]2(C)CC(F)C1. The average molecular weight is 556 g/mol. The summed E-state index contributed by atoms with van der Waals surface area (Å²) in [4.78, 5) is 31.0. The Labute approximate surface area is 230 Å². The van der Waals surface area contributed by atoms with Crippen LogP contribution < -0.4 is 27.1 Å². The van der Waals surface area contributed by atoms with E-state index in [0.29, 0.717) is 45.6 Å². The number of fused-ring (bicyclic) bond motifs is 1. The fourth-order valence-corrected chi connectivity index (χ4v) is 7.62. The lowest BCUT2D eigenvalue weighted by atomic mass is 9.89. The highest BCUT2D eigenvalue weighted by atomic mass is 19.1. The van der Waals surface area contributed by atoms with Gasteiger partial charge >= 0.3 is 5.84 Å². The van der Waals surface area contributed by atoms with E-state index in [2.05, 4.69) is 40.1 Å². The summed E-state index contributed by atoms with van der Waals surface area (Å²) < 4.78 is 31.6. The van der Waals surface area contributed by atoms with E-state index in [1.807, 2.05) is 11.9 Å². The zero-order valence-electron chi connectivity index (χ0n) is 23.8. The Morgan fingerprint density at radius 2 is 1.90 bits per heavy atom. The summed E-state index contributed by atoms with van der Waals surface area (Å²) in [5.41, 5.74) is 9.46. The van der Waals surface area contributed by atoms with Crippen LogP contribution in [-0.4, -0.2) is 146 Å². The molecule has 5 aliphatic heterocycles. The minimum atomic E-state index is -1.15. The number of alkyl halides is 2. The van der Waals surface area contributed by atoms with Crippen molar-refractivity contribution in [2.24, 2.45) is 17.6 Å². The van der Waals surface area contributed by atoms with Crippen molar-refractivity contribution in [1.29, 1.82) is 0 Å². The van der Waals surface area contributed by atoms with E-state index >= 15 is 4.39 Å². The number of hydrogen-bond acceptors (Lipinski definition) is 7. The largest absolute Gasteiger partial charge is 0.373 e. The Bertz CT molecular complexity index is 988. The molecule has 5 heterocycles. The second-order valence-electron chi connectivity index (χ2n) is 13.0. The fourth-order valence-electron chi connectivity index (χ4n) is 7.62. The fraction of sp³-hybridized carbons (Fsp3) is 0.885. The molecule has 0 aromatic heterocycles. The third-order valence-electron chi connectivity index (χ3n) is 9.28. The number of quaternary nitrogens is 1. The summed E-state index contributed by atoms with van der Waals surface area (Å²) >= 11 is 0. The topological polar surface area (TPSA) is 118 Å². The van der Waals surface area contributed by atoms with Gasteiger partial charge in [-0.3, -0.25) is 14.5 Å². The van der Waals surface area contributed by atoms with Gasteiger partial charge in [0, 0.05) is 44.2 Å². The standard InChI is InChI=1S/C26H46F2N9O2/c1-26(2)15-36(10-7-31-26)25(39)16-5-8-35(9-6-16)21-18(28)11-30-12-19(21)32-23(38)20-22(29)33-37(4)14-17(27)13-34(3)24(20)37/h16-22,30-31,33H,5-15,29H2,1-4H3/q+1/p+1. The third-order valence-corrected chi connectivity index (χ3v) is 9.28. The minimum absolute atomic E-state index is 0.0569. The maximum absolute atomic E-state index is 15.4. The lowest BCUT2D eigenvalue weighted by molar-refractivity contribution is -0.895. The number of nitrogens with zero attached hydrogens (tertiary/aromatic N) is 4. The van der Waals surface area contributed by atoms with Crippen LogP contribution in [0.5, 0.6) is 0 Å². The summed E-state index contributed by atoms with van der Waals surface area (Å²) in [7, 11) is 3.62. The van der Waals surface area contributed by atoms with Crippen LogP contribution in [-0.2, 0) is 9.59 Å². The van der Waals surface area contributed by atoms with Gasteiger partial charge in [-0.1, -0.05) is 0 Å². The van der Waals surface area contributed by atoms with Crippen LogP contribution >= 0.6 is 0 Å². The number of halogens is 2. The van der Waals surface area contributed by atoms with Crippen LogP contribution in [0.4, 0.5) is 8.78 Å².